The molecule has 0 radical (unpaired) electrons. The molecule has 148 valence electrons. The lowest BCUT2D eigenvalue weighted by molar-refractivity contribution is -0.123. The molecule has 7 heteroatoms. The number of hydrogen-bond donors (Lipinski definition) is 2. The number of ketones is 1. The first-order valence-electron chi connectivity index (χ1n) is 8.76. The van der Waals surface area contributed by atoms with Crippen molar-refractivity contribution < 1.29 is 23.5 Å². The van der Waals surface area contributed by atoms with E-state index in [0.717, 1.165) is 0 Å². The molecule has 0 saturated carbocycles. The van der Waals surface area contributed by atoms with Crippen LogP contribution in [0.4, 0.5) is 9.18 Å². The standard InChI is InChI=1S/C21H23FN2O4/c1-21(2,3)28-20(27)24-18(15-7-5-4-6-8-15)19(26)23-13-17(25)14-9-11-16(22)12-10-14/h4-12,18H,13H2,1-3H3,(H,23,26)(H,24,27). The van der Waals surface area contributed by atoms with Crippen molar-refractivity contribution in [1.29, 1.82) is 0 Å². The summed E-state index contributed by atoms with van der Waals surface area (Å²) in [6, 6.07) is 12.6. The molecule has 6 nitrogen and oxygen atoms in total. The van der Waals surface area contributed by atoms with Crippen LogP contribution in [0.5, 0.6) is 0 Å². The van der Waals surface area contributed by atoms with Gasteiger partial charge < -0.3 is 15.4 Å². The van der Waals surface area contributed by atoms with Gasteiger partial charge in [0.05, 0.1) is 6.54 Å². The van der Waals surface area contributed by atoms with E-state index >= 15 is 0 Å². The molecule has 0 aromatic heterocycles. The van der Waals surface area contributed by atoms with Gasteiger partial charge in [-0.05, 0) is 50.6 Å². The van der Waals surface area contributed by atoms with Gasteiger partial charge in [0.1, 0.15) is 17.5 Å². The largest absolute Gasteiger partial charge is 0.444 e. The Kier molecular flexibility index (Phi) is 6.87. The Hall–Kier alpha value is -3.22. The first-order valence-corrected chi connectivity index (χ1v) is 8.76. The first kappa shape index (κ1) is 21.1. The predicted octanol–water partition coefficient (Wildman–Crippen LogP) is 3.39. The van der Waals surface area contributed by atoms with Crippen LogP contribution in [0.25, 0.3) is 0 Å². The number of ether oxygens (including phenoxy) is 1. The highest BCUT2D eigenvalue weighted by Gasteiger charge is 2.26. The summed E-state index contributed by atoms with van der Waals surface area (Å²) in [5.74, 6) is -1.39. The number of halogens is 1. The molecule has 2 rings (SSSR count). The summed E-state index contributed by atoms with van der Waals surface area (Å²) in [6.07, 6.45) is -0.749. The van der Waals surface area contributed by atoms with E-state index in [1.54, 1.807) is 51.1 Å². The Morgan fingerprint density at radius 1 is 1.00 bits per heavy atom. The molecule has 0 spiro atoms. The highest BCUT2D eigenvalue weighted by atomic mass is 19.1. The Labute approximate surface area is 163 Å². The molecule has 0 aliphatic heterocycles. The van der Waals surface area contributed by atoms with Gasteiger partial charge in [-0.1, -0.05) is 30.3 Å². The van der Waals surface area contributed by atoms with Crippen LogP contribution in [0.3, 0.4) is 0 Å². The molecule has 2 aromatic carbocycles. The zero-order chi connectivity index (χ0) is 20.7. The van der Waals surface area contributed by atoms with Crippen LogP contribution in [0, 0.1) is 5.82 Å². The topological polar surface area (TPSA) is 84.5 Å². The maximum atomic E-state index is 13.0. The van der Waals surface area contributed by atoms with E-state index in [1.165, 1.54) is 24.3 Å². The van der Waals surface area contributed by atoms with E-state index in [4.69, 9.17) is 4.74 Å². The van der Waals surface area contributed by atoms with Crippen LogP contribution in [0.15, 0.2) is 54.6 Å². The van der Waals surface area contributed by atoms with Crippen LogP contribution in [-0.2, 0) is 9.53 Å². The van der Waals surface area contributed by atoms with Crippen LogP contribution in [0.2, 0.25) is 0 Å². The summed E-state index contributed by atoms with van der Waals surface area (Å²) >= 11 is 0. The zero-order valence-electron chi connectivity index (χ0n) is 16.0. The number of rotatable bonds is 6. The van der Waals surface area contributed by atoms with Crippen molar-refractivity contribution in [3.8, 4) is 0 Å². The van der Waals surface area contributed by atoms with Gasteiger partial charge in [0, 0.05) is 5.56 Å². The van der Waals surface area contributed by atoms with Gasteiger partial charge >= 0.3 is 6.09 Å². The molecule has 2 N–H and O–H groups in total. The number of benzene rings is 2. The van der Waals surface area contributed by atoms with Crippen molar-refractivity contribution in [3.63, 3.8) is 0 Å². The number of alkyl carbamates (subject to hydrolysis) is 1. The Morgan fingerprint density at radius 2 is 1.61 bits per heavy atom. The molecular formula is C21H23FN2O4. The maximum Gasteiger partial charge on any atom is 0.408 e. The van der Waals surface area contributed by atoms with Crippen LogP contribution in [0.1, 0.15) is 42.7 Å². The highest BCUT2D eigenvalue weighted by molar-refractivity contribution is 6.00. The van der Waals surface area contributed by atoms with Crippen LogP contribution >= 0.6 is 0 Å². The lowest BCUT2D eigenvalue weighted by atomic mass is 10.1. The van der Waals surface area contributed by atoms with Crippen molar-refractivity contribution in [2.75, 3.05) is 6.54 Å². The Balaban J connectivity index is 2.07. The third kappa shape index (κ3) is 6.50. The fourth-order valence-corrected chi connectivity index (χ4v) is 2.38. The minimum Gasteiger partial charge on any atom is -0.444 e. The summed E-state index contributed by atoms with van der Waals surface area (Å²) in [6.45, 7) is 4.85. The lowest BCUT2D eigenvalue weighted by Gasteiger charge is -2.23. The number of nitrogens with one attached hydrogen (secondary N) is 2. The summed E-state index contributed by atoms with van der Waals surface area (Å²) in [7, 11) is 0. The average molecular weight is 386 g/mol. The average Bonchev–Trinajstić information content (AvgIpc) is 2.64. The minimum absolute atomic E-state index is 0.276. The van der Waals surface area contributed by atoms with Crippen LogP contribution < -0.4 is 10.6 Å². The highest BCUT2D eigenvalue weighted by Crippen LogP contribution is 2.15. The van der Waals surface area contributed by atoms with Gasteiger partial charge in [0.2, 0.25) is 5.91 Å². The van der Waals surface area contributed by atoms with Gasteiger partial charge in [-0.15, -0.1) is 0 Å². The van der Waals surface area contributed by atoms with Gasteiger partial charge in [-0.3, -0.25) is 9.59 Å². The molecule has 1 unspecified atom stereocenters. The number of amides is 2. The van der Waals surface area contributed by atoms with E-state index in [1.807, 2.05) is 0 Å². The van der Waals surface area contributed by atoms with Crippen molar-refractivity contribution in [2.24, 2.45) is 0 Å². The second-order valence-corrected chi connectivity index (χ2v) is 7.14. The minimum atomic E-state index is -1.03. The summed E-state index contributed by atoms with van der Waals surface area (Å²) in [4.78, 5) is 36.9. The van der Waals surface area contributed by atoms with Gasteiger partial charge in [-0.2, -0.15) is 0 Å². The van der Waals surface area contributed by atoms with Crippen molar-refractivity contribution in [3.05, 3.63) is 71.5 Å². The lowest BCUT2D eigenvalue weighted by Crippen LogP contribution is -2.43. The number of Topliss-reactive ketones (excluding diaryl/α,β-unsaturated/α-hetero) is 1. The summed E-state index contributed by atoms with van der Waals surface area (Å²) in [5.41, 5.74) is 0.0959. The third-order valence-electron chi connectivity index (χ3n) is 3.65. The zero-order valence-corrected chi connectivity index (χ0v) is 16.0. The summed E-state index contributed by atoms with van der Waals surface area (Å²) < 4.78 is 18.2. The first-order chi connectivity index (χ1) is 13.2. The molecule has 28 heavy (non-hydrogen) atoms. The Morgan fingerprint density at radius 3 is 2.18 bits per heavy atom. The molecule has 0 aliphatic rings. The van der Waals surface area contributed by atoms with E-state index in [2.05, 4.69) is 10.6 Å². The van der Waals surface area contributed by atoms with E-state index in [0.29, 0.717) is 5.56 Å². The molecular weight excluding hydrogens is 363 g/mol. The molecule has 0 saturated heterocycles. The second-order valence-electron chi connectivity index (χ2n) is 7.14. The Bertz CT molecular complexity index is 830. The predicted molar refractivity (Wildman–Crippen MR) is 102 cm³/mol. The summed E-state index contributed by atoms with van der Waals surface area (Å²) in [5, 5.41) is 5.04. The fourth-order valence-electron chi connectivity index (χ4n) is 2.38. The molecule has 0 fully saturated rings. The van der Waals surface area contributed by atoms with E-state index < -0.39 is 29.5 Å². The maximum absolute atomic E-state index is 13.0. The van der Waals surface area contributed by atoms with Crippen molar-refractivity contribution in [1.82, 2.24) is 10.6 Å². The number of hydrogen-bond acceptors (Lipinski definition) is 4. The van der Waals surface area contributed by atoms with Crippen LogP contribution in [-0.4, -0.2) is 29.9 Å². The second kappa shape index (κ2) is 9.12. The quantitative estimate of drug-likeness (QED) is 0.746. The molecule has 0 aliphatic carbocycles. The monoisotopic (exact) mass is 386 g/mol. The van der Waals surface area contributed by atoms with E-state index in [-0.39, 0.29) is 17.9 Å². The molecule has 2 aromatic rings. The fraction of sp³-hybridized carbons (Fsp3) is 0.286. The van der Waals surface area contributed by atoms with Gasteiger partial charge in [-0.25, -0.2) is 9.18 Å². The van der Waals surface area contributed by atoms with Crippen molar-refractivity contribution in [2.45, 2.75) is 32.4 Å². The van der Waals surface area contributed by atoms with E-state index in [9.17, 15) is 18.8 Å². The molecule has 1 atom stereocenters. The SMILES string of the molecule is CC(C)(C)OC(=O)NC(C(=O)NCC(=O)c1ccc(F)cc1)c1ccccc1. The number of carbonyl (C=O) groups excluding carboxylic acids is 3. The van der Waals surface area contributed by atoms with Gasteiger partial charge in [0.15, 0.2) is 5.78 Å². The van der Waals surface area contributed by atoms with Crippen molar-refractivity contribution >= 4 is 17.8 Å². The molecule has 0 bridgehead atoms. The molecule has 0 heterocycles. The third-order valence-corrected chi connectivity index (χ3v) is 3.65. The smallest absolute Gasteiger partial charge is 0.408 e. The normalized spacial score (nSPS) is 12.0. The van der Waals surface area contributed by atoms with Gasteiger partial charge in [0.25, 0.3) is 0 Å². The molecule has 2 amide bonds. The number of carbonyl (C=O) groups is 3.